The molecule has 1 saturated carbocycles. The number of benzene rings is 1. The number of rotatable bonds is 5. The first kappa shape index (κ1) is 22.0. The van der Waals surface area contributed by atoms with Gasteiger partial charge in [0.25, 0.3) is 5.91 Å². The molecule has 9 heteroatoms. The fourth-order valence-electron chi connectivity index (χ4n) is 5.85. The molecule has 2 aliphatic heterocycles. The molecule has 35 heavy (non-hydrogen) atoms. The maximum Gasteiger partial charge on any atom is 0.268 e. The summed E-state index contributed by atoms with van der Waals surface area (Å²) in [6, 6.07) is 11.7. The average Bonchev–Trinajstić information content (AvgIpc) is 3.62. The summed E-state index contributed by atoms with van der Waals surface area (Å²) < 4.78 is 2.15. The first-order chi connectivity index (χ1) is 17.0. The standard InChI is InChI=1S/C26H27N5O3S/c1-2-21(32)29-13-11-26(16-29)14-17(15-26)31-19-7-4-3-6-18(19)27-25(31)28-24(34)20-9-10-23(35-20)30-12-5-8-22(30)33/h2-4,6-7,9-10,17H,1,5,8,11-16H2,(H,27,28,34)/t17-,26-. The Morgan fingerprint density at radius 2 is 2.00 bits per heavy atom. The summed E-state index contributed by atoms with van der Waals surface area (Å²) in [4.78, 5) is 46.3. The van der Waals surface area contributed by atoms with E-state index in [9.17, 15) is 14.4 Å². The first-order valence-corrected chi connectivity index (χ1v) is 12.9. The second kappa shape index (κ2) is 8.34. The Morgan fingerprint density at radius 1 is 1.17 bits per heavy atom. The quantitative estimate of drug-likeness (QED) is 0.544. The average molecular weight is 490 g/mol. The Bertz CT molecular complexity index is 1350. The molecule has 3 fully saturated rings. The molecule has 1 spiro atoms. The molecule has 1 aromatic carbocycles. The maximum atomic E-state index is 13.2. The van der Waals surface area contributed by atoms with Crippen LogP contribution in [0.15, 0.2) is 49.1 Å². The molecule has 0 unspecified atom stereocenters. The zero-order chi connectivity index (χ0) is 24.2. The van der Waals surface area contributed by atoms with Crippen molar-refractivity contribution in [2.24, 2.45) is 5.41 Å². The van der Waals surface area contributed by atoms with E-state index in [-0.39, 0.29) is 29.2 Å². The summed E-state index contributed by atoms with van der Waals surface area (Å²) in [6.45, 7) is 5.85. The highest BCUT2D eigenvalue weighted by Gasteiger charge is 2.50. The second-order valence-electron chi connectivity index (χ2n) is 9.81. The molecular weight excluding hydrogens is 462 g/mol. The van der Waals surface area contributed by atoms with Crippen molar-refractivity contribution in [2.45, 2.75) is 38.1 Å². The minimum Gasteiger partial charge on any atom is -0.339 e. The molecule has 1 N–H and O–H groups in total. The molecule has 2 aromatic heterocycles. The van der Waals surface area contributed by atoms with Crippen LogP contribution in [0.5, 0.6) is 0 Å². The molecule has 0 atom stereocenters. The number of amides is 3. The van der Waals surface area contributed by atoms with Gasteiger partial charge in [-0.25, -0.2) is 4.98 Å². The number of hydrogen-bond donors (Lipinski definition) is 1. The van der Waals surface area contributed by atoms with E-state index in [1.807, 2.05) is 35.2 Å². The van der Waals surface area contributed by atoms with Gasteiger partial charge in [-0.1, -0.05) is 18.7 Å². The number of carbonyl (C=O) groups is 3. The van der Waals surface area contributed by atoms with Crippen LogP contribution in [0.2, 0.25) is 0 Å². The van der Waals surface area contributed by atoms with Crippen molar-refractivity contribution in [2.75, 3.05) is 29.9 Å². The normalized spacial score (nSPS) is 23.8. The van der Waals surface area contributed by atoms with Gasteiger partial charge in [0.1, 0.15) is 0 Å². The van der Waals surface area contributed by atoms with Gasteiger partial charge in [0, 0.05) is 32.1 Å². The van der Waals surface area contributed by atoms with Gasteiger partial charge in [-0.05, 0) is 61.4 Å². The number of fused-ring (bicyclic) bond motifs is 1. The van der Waals surface area contributed by atoms with Crippen LogP contribution in [0.25, 0.3) is 11.0 Å². The third-order valence-electron chi connectivity index (χ3n) is 7.60. The molecule has 3 amide bonds. The zero-order valence-corrected chi connectivity index (χ0v) is 20.2. The van der Waals surface area contributed by atoms with E-state index in [1.165, 1.54) is 17.4 Å². The number of thiophene rings is 1. The lowest BCUT2D eigenvalue weighted by Gasteiger charge is -2.46. The maximum absolute atomic E-state index is 13.2. The number of imidazole rings is 1. The highest BCUT2D eigenvalue weighted by atomic mass is 32.1. The lowest BCUT2D eigenvalue weighted by atomic mass is 9.65. The van der Waals surface area contributed by atoms with Crippen LogP contribution >= 0.6 is 11.3 Å². The van der Waals surface area contributed by atoms with Gasteiger partial charge < -0.3 is 14.4 Å². The third kappa shape index (κ3) is 3.74. The smallest absolute Gasteiger partial charge is 0.268 e. The molecule has 1 aliphatic carbocycles. The van der Waals surface area contributed by atoms with Crippen molar-refractivity contribution < 1.29 is 14.4 Å². The van der Waals surface area contributed by atoms with Crippen molar-refractivity contribution in [3.05, 3.63) is 53.9 Å². The summed E-state index contributed by atoms with van der Waals surface area (Å²) in [7, 11) is 0. The number of anilines is 2. The first-order valence-electron chi connectivity index (χ1n) is 12.1. The van der Waals surface area contributed by atoms with Gasteiger partial charge >= 0.3 is 0 Å². The predicted molar refractivity (Wildman–Crippen MR) is 136 cm³/mol. The topological polar surface area (TPSA) is 87.5 Å². The van der Waals surface area contributed by atoms with E-state index in [4.69, 9.17) is 4.98 Å². The minimum absolute atomic E-state index is 0.00249. The third-order valence-corrected chi connectivity index (χ3v) is 8.71. The number of nitrogens with zero attached hydrogens (tertiary/aromatic N) is 4. The Morgan fingerprint density at radius 3 is 2.77 bits per heavy atom. The molecule has 0 radical (unpaired) electrons. The van der Waals surface area contributed by atoms with Crippen LogP contribution in [0.4, 0.5) is 10.9 Å². The van der Waals surface area contributed by atoms with Crippen LogP contribution in [0.1, 0.15) is 47.8 Å². The Balaban J connectivity index is 1.23. The van der Waals surface area contributed by atoms with Crippen LogP contribution in [-0.4, -0.2) is 51.8 Å². The van der Waals surface area contributed by atoms with E-state index in [0.717, 1.165) is 54.8 Å². The fourth-order valence-corrected chi connectivity index (χ4v) is 6.79. The Kier molecular flexibility index (Phi) is 5.25. The Hall–Kier alpha value is -3.46. The predicted octanol–water partition coefficient (Wildman–Crippen LogP) is 4.22. The van der Waals surface area contributed by atoms with Gasteiger partial charge in [-0.2, -0.15) is 0 Å². The van der Waals surface area contributed by atoms with Crippen molar-refractivity contribution in [1.82, 2.24) is 14.5 Å². The van der Waals surface area contributed by atoms with E-state index in [0.29, 0.717) is 23.8 Å². The number of para-hydroxylation sites is 2. The number of aromatic nitrogens is 2. The largest absolute Gasteiger partial charge is 0.339 e. The van der Waals surface area contributed by atoms with Gasteiger partial charge in [0.05, 0.1) is 20.9 Å². The highest BCUT2D eigenvalue weighted by molar-refractivity contribution is 7.18. The van der Waals surface area contributed by atoms with Gasteiger partial charge in [0.2, 0.25) is 17.8 Å². The highest BCUT2D eigenvalue weighted by Crippen LogP contribution is 2.55. The van der Waals surface area contributed by atoms with Gasteiger partial charge in [-0.15, -0.1) is 11.3 Å². The fraction of sp³-hybridized carbons (Fsp3) is 0.385. The summed E-state index contributed by atoms with van der Waals surface area (Å²) in [5, 5.41) is 3.85. The van der Waals surface area contributed by atoms with E-state index < -0.39 is 0 Å². The van der Waals surface area contributed by atoms with Crippen LogP contribution in [0, 0.1) is 5.41 Å². The molecule has 6 rings (SSSR count). The van der Waals surface area contributed by atoms with Crippen LogP contribution in [-0.2, 0) is 9.59 Å². The summed E-state index contributed by atoms with van der Waals surface area (Å²) in [5.74, 6) is 0.430. The van der Waals surface area contributed by atoms with E-state index in [1.54, 1.807) is 11.0 Å². The monoisotopic (exact) mass is 489 g/mol. The van der Waals surface area contributed by atoms with E-state index in [2.05, 4.69) is 16.5 Å². The molecule has 2 saturated heterocycles. The van der Waals surface area contributed by atoms with Crippen molar-refractivity contribution in [1.29, 1.82) is 0 Å². The molecule has 4 heterocycles. The van der Waals surface area contributed by atoms with Crippen LogP contribution < -0.4 is 10.2 Å². The summed E-state index contributed by atoms with van der Waals surface area (Å²) >= 11 is 1.33. The molecule has 3 aromatic rings. The molecule has 180 valence electrons. The van der Waals surface area contributed by atoms with Gasteiger partial charge in [-0.3, -0.25) is 19.7 Å². The molecular formula is C26H27N5O3S. The zero-order valence-electron chi connectivity index (χ0n) is 19.4. The number of hydrogen-bond acceptors (Lipinski definition) is 5. The molecule has 3 aliphatic rings. The molecule has 8 nitrogen and oxygen atoms in total. The SMILES string of the molecule is C=CC(=O)N1CC[C@]2(C1)C[C@H](n1c(NC(=O)c3ccc(N4CCCC4=O)s3)nc3ccccc31)C2. The van der Waals surface area contributed by atoms with Gasteiger partial charge in [0.15, 0.2) is 0 Å². The van der Waals surface area contributed by atoms with Crippen molar-refractivity contribution >= 4 is 51.0 Å². The summed E-state index contributed by atoms with van der Waals surface area (Å²) in [5.41, 5.74) is 1.96. The van der Waals surface area contributed by atoms with E-state index >= 15 is 0 Å². The summed E-state index contributed by atoms with van der Waals surface area (Å²) in [6.07, 6.45) is 5.68. The Labute approximate surface area is 207 Å². The number of likely N-dealkylation sites (tertiary alicyclic amines) is 1. The van der Waals surface area contributed by atoms with Crippen LogP contribution in [0.3, 0.4) is 0 Å². The minimum atomic E-state index is -0.220. The lowest BCUT2D eigenvalue weighted by molar-refractivity contribution is -0.125. The number of carbonyl (C=O) groups excluding carboxylic acids is 3. The second-order valence-corrected chi connectivity index (χ2v) is 10.9. The number of nitrogens with one attached hydrogen (secondary N) is 1. The van der Waals surface area contributed by atoms with Crippen molar-refractivity contribution in [3.8, 4) is 0 Å². The molecule has 0 bridgehead atoms. The lowest BCUT2D eigenvalue weighted by Crippen LogP contribution is -2.42. The van der Waals surface area contributed by atoms with Crippen molar-refractivity contribution in [3.63, 3.8) is 0 Å².